The summed E-state index contributed by atoms with van der Waals surface area (Å²) in [5.74, 6) is 0.797. The molecule has 2 N–H and O–H groups in total. The Bertz CT molecular complexity index is 845. The van der Waals surface area contributed by atoms with Crippen LogP contribution in [0.1, 0.15) is 5.82 Å². The van der Waals surface area contributed by atoms with Crippen molar-refractivity contribution >= 4 is 28.7 Å². The summed E-state index contributed by atoms with van der Waals surface area (Å²) in [6, 6.07) is 5.68. The number of nitrogens with zero attached hydrogens (tertiary/aromatic N) is 3. The zero-order valence-corrected chi connectivity index (χ0v) is 12.1. The molecule has 2 aliphatic rings. The number of rotatable bonds is 3. The second kappa shape index (κ2) is 4.77. The molecule has 1 aromatic heterocycles. The second-order valence-electron chi connectivity index (χ2n) is 5.35. The molecule has 110 valence electrons. The number of imidazole rings is 1. The van der Waals surface area contributed by atoms with Gasteiger partial charge in [0.2, 0.25) is 6.41 Å². The average molecular weight is 293 g/mol. The number of amides is 1. The predicted molar refractivity (Wildman–Crippen MR) is 85.4 cm³/mol. The van der Waals surface area contributed by atoms with Crippen LogP contribution in [0.15, 0.2) is 48.4 Å². The normalized spacial score (nSPS) is 16.6. The minimum atomic E-state index is 0.669. The Kier molecular flexibility index (Phi) is 2.75. The molecule has 2 aromatic rings. The van der Waals surface area contributed by atoms with Gasteiger partial charge in [0.25, 0.3) is 0 Å². The first-order valence-corrected chi connectivity index (χ1v) is 7.03. The number of carbonyl (C=O) groups excluding carboxylic acids is 1. The largest absolute Gasteiger partial charge is 0.361 e. The number of benzene rings is 1. The molecule has 2 aliphatic heterocycles. The number of nitrogens with one attached hydrogen (secondary N) is 2. The van der Waals surface area contributed by atoms with E-state index in [1.807, 2.05) is 37.4 Å². The number of para-hydroxylation sites is 1. The highest BCUT2D eigenvalue weighted by molar-refractivity contribution is 5.95. The monoisotopic (exact) mass is 293 g/mol. The van der Waals surface area contributed by atoms with E-state index in [2.05, 4.69) is 37.5 Å². The van der Waals surface area contributed by atoms with Gasteiger partial charge in [0.1, 0.15) is 11.3 Å². The summed E-state index contributed by atoms with van der Waals surface area (Å²) >= 11 is 0. The van der Waals surface area contributed by atoms with Gasteiger partial charge in [-0.25, -0.2) is 4.98 Å². The highest BCUT2D eigenvalue weighted by atomic mass is 16.1. The van der Waals surface area contributed by atoms with Crippen molar-refractivity contribution in [1.29, 1.82) is 0 Å². The van der Waals surface area contributed by atoms with Crippen LogP contribution in [0, 0.1) is 0 Å². The molecular weight excluding hydrogens is 278 g/mol. The van der Waals surface area contributed by atoms with Gasteiger partial charge < -0.3 is 20.1 Å². The number of aromatic nitrogens is 2. The first-order chi connectivity index (χ1) is 10.8. The van der Waals surface area contributed by atoms with Crippen molar-refractivity contribution in [3.8, 4) is 0 Å². The van der Waals surface area contributed by atoms with Gasteiger partial charge in [0.05, 0.1) is 23.6 Å². The molecule has 1 aromatic carbocycles. The molecule has 0 atom stereocenters. The molecular formula is C16H15N5O. The SMILES string of the molecule is CN1C=C2C(c3nc4c(NC=O)cccc4[nH]3)=CC=CN2C1. The van der Waals surface area contributed by atoms with Crippen LogP contribution in [0.2, 0.25) is 0 Å². The van der Waals surface area contributed by atoms with Crippen molar-refractivity contribution in [2.75, 3.05) is 19.0 Å². The fraction of sp³-hybridized carbons (Fsp3) is 0.125. The summed E-state index contributed by atoms with van der Waals surface area (Å²) in [6.07, 6.45) is 8.89. The third-order valence-corrected chi connectivity index (χ3v) is 3.81. The summed E-state index contributed by atoms with van der Waals surface area (Å²) in [5.41, 5.74) is 4.53. The molecule has 3 heterocycles. The molecule has 0 bridgehead atoms. The molecule has 0 spiro atoms. The summed E-state index contributed by atoms with van der Waals surface area (Å²) in [6.45, 7) is 0.835. The van der Waals surface area contributed by atoms with Crippen molar-refractivity contribution in [3.63, 3.8) is 0 Å². The highest BCUT2D eigenvalue weighted by Gasteiger charge is 2.24. The first kappa shape index (κ1) is 12.7. The number of hydrogen-bond donors (Lipinski definition) is 2. The summed E-state index contributed by atoms with van der Waals surface area (Å²) in [7, 11) is 2.04. The Morgan fingerprint density at radius 1 is 1.41 bits per heavy atom. The lowest BCUT2D eigenvalue weighted by Gasteiger charge is -2.21. The number of anilines is 1. The Morgan fingerprint density at radius 2 is 2.32 bits per heavy atom. The zero-order valence-electron chi connectivity index (χ0n) is 12.1. The average Bonchev–Trinajstić information content (AvgIpc) is 3.09. The van der Waals surface area contributed by atoms with E-state index in [4.69, 9.17) is 0 Å². The molecule has 0 saturated carbocycles. The van der Waals surface area contributed by atoms with E-state index in [0.717, 1.165) is 34.8 Å². The zero-order chi connectivity index (χ0) is 15.1. The third-order valence-electron chi connectivity index (χ3n) is 3.81. The van der Waals surface area contributed by atoms with Crippen LogP contribution in [0.3, 0.4) is 0 Å². The molecule has 1 amide bonds. The highest BCUT2D eigenvalue weighted by Crippen LogP contribution is 2.33. The lowest BCUT2D eigenvalue weighted by atomic mass is 10.1. The van der Waals surface area contributed by atoms with Gasteiger partial charge in [-0.3, -0.25) is 4.79 Å². The lowest BCUT2D eigenvalue weighted by Crippen LogP contribution is -2.21. The fourth-order valence-corrected chi connectivity index (χ4v) is 2.86. The Hall–Kier alpha value is -3.02. The van der Waals surface area contributed by atoms with Gasteiger partial charge in [-0.05, 0) is 24.3 Å². The number of hydrogen-bond acceptors (Lipinski definition) is 4. The van der Waals surface area contributed by atoms with E-state index < -0.39 is 0 Å². The summed E-state index contributed by atoms with van der Waals surface area (Å²) in [5, 5.41) is 2.69. The van der Waals surface area contributed by atoms with E-state index in [9.17, 15) is 4.79 Å². The van der Waals surface area contributed by atoms with Crippen molar-refractivity contribution in [1.82, 2.24) is 19.8 Å². The smallest absolute Gasteiger partial charge is 0.211 e. The van der Waals surface area contributed by atoms with E-state index in [1.54, 1.807) is 0 Å². The maximum atomic E-state index is 10.7. The predicted octanol–water partition coefficient (Wildman–Crippen LogP) is 2.09. The summed E-state index contributed by atoms with van der Waals surface area (Å²) < 4.78 is 0. The lowest BCUT2D eigenvalue weighted by molar-refractivity contribution is -0.105. The molecule has 0 aliphatic carbocycles. The van der Waals surface area contributed by atoms with Crippen LogP contribution < -0.4 is 5.32 Å². The Labute approximate surface area is 127 Å². The number of carbonyl (C=O) groups is 1. The molecule has 4 rings (SSSR count). The summed E-state index contributed by atoms with van der Waals surface area (Å²) in [4.78, 5) is 23.0. The molecule has 0 fully saturated rings. The topological polar surface area (TPSA) is 64.3 Å². The van der Waals surface area contributed by atoms with Crippen LogP contribution in [0.5, 0.6) is 0 Å². The standard InChI is InChI=1S/C16H15N5O/c1-20-8-14-11(4-3-7-21(14)10-20)16-18-13-6-2-5-12(17-9-22)15(13)19-16/h2-9H,10H2,1H3,(H,17,22)(H,18,19). The van der Waals surface area contributed by atoms with E-state index in [0.29, 0.717) is 12.1 Å². The van der Waals surface area contributed by atoms with Gasteiger partial charge in [-0.2, -0.15) is 0 Å². The second-order valence-corrected chi connectivity index (χ2v) is 5.35. The number of aromatic amines is 1. The van der Waals surface area contributed by atoms with Crippen LogP contribution in [0.4, 0.5) is 5.69 Å². The van der Waals surface area contributed by atoms with Crippen LogP contribution in [-0.4, -0.2) is 39.9 Å². The quantitative estimate of drug-likeness (QED) is 0.851. The molecule has 22 heavy (non-hydrogen) atoms. The minimum absolute atomic E-state index is 0.669. The van der Waals surface area contributed by atoms with Crippen molar-refractivity contribution in [2.45, 2.75) is 0 Å². The molecule has 6 heteroatoms. The minimum Gasteiger partial charge on any atom is -0.361 e. The first-order valence-electron chi connectivity index (χ1n) is 7.03. The molecule has 0 unspecified atom stereocenters. The maximum Gasteiger partial charge on any atom is 0.211 e. The Morgan fingerprint density at radius 3 is 3.18 bits per heavy atom. The maximum absolute atomic E-state index is 10.7. The number of fused-ring (bicyclic) bond motifs is 2. The van der Waals surface area contributed by atoms with Crippen molar-refractivity contribution in [3.05, 3.63) is 54.3 Å². The number of allylic oxidation sites excluding steroid dienone is 3. The molecule has 0 radical (unpaired) electrons. The van der Waals surface area contributed by atoms with Gasteiger partial charge in [-0.1, -0.05) is 6.07 Å². The molecule has 0 saturated heterocycles. The Balaban J connectivity index is 1.83. The number of H-pyrrole nitrogens is 1. The van der Waals surface area contributed by atoms with Gasteiger partial charge >= 0.3 is 0 Å². The van der Waals surface area contributed by atoms with E-state index in [1.165, 1.54) is 0 Å². The van der Waals surface area contributed by atoms with E-state index >= 15 is 0 Å². The van der Waals surface area contributed by atoms with Gasteiger partial charge in [0.15, 0.2) is 0 Å². The van der Waals surface area contributed by atoms with Crippen LogP contribution in [-0.2, 0) is 4.79 Å². The van der Waals surface area contributed by atoms with Crippen LogP contribution >= 0.6 is 0 Å². The molecule has 6 nitrogen and oxygen atoms in total. The van der Waals surface area contributed by atoms with Crippen molar-refractivity contribution in [2.24, 2.45) is 0 Å². The van der Waals surface area contributed by atoms with E-state index in [-0.39, 0.29) is 0 Å². The third kappa shape index (κ3) is 1.88. The fourth-order valence-electron chi connectivity index (χ4n) is 2.86. The van der Waals surface area contributed by atoms with Gasteiger partial charge in [0, 0.05) is 25.0 Å². The van der Waals surface area contributed by atoms with Gasteiger partial charge in [-0.15, -0.1) is 0 Å². The van der Waals surface area contributed by atoms with Crippen molar-refractivity contribution < 1.29 is 4.79 Å². The van der Waals surface area contributed by atoms with Crippen LogP contribution in [0.25, 0.3) is 16.6 Å².